The number of ether oxygens (including phenoxy) is 1. The molecule has 0 aromatic heterocycles. The molecule has 4 nitrogen and oxygen atoms in total. The number of rotatable bonds is 5. The molecule has 1 amide bonds. The van der Waals surface area contributed by atoms with Gasteiger partial charge in [-0.15, -0.1) is 0 Å². The van der Waals surface area contributed by atoms with Crippen molar-refractivity contribution in [1.82, 2.24) is 5.32 Å². The van der Waals surface area contributed by atoms with E-state index >= 15 is 0 Å². The number of carbonyl (C=O) groups excluding carboxylic acids is 1. The van der Waals surface area contributed by atoms with Gasteiger partial charge >= 0.3 is 0 Å². The number of carbonyl (C=O) groups is 1. The maximum atomic E-state index is 12.7. The van der Waals surface area contributed by atoms with Crippen LogP contribution in [0.5, 0.6) is 5.75 Å². The lowest BCUT2D eigenvalue weighted by molar-refractivity contribution is -0.124. The summed E-state index contributed by atoms with van der Waals surface area (Å²) >= 11 is 0. The molecule has 1 aromatic rings. The second kappa shape index (κ2) is 6.02. The summed E-state index contributed by atoms with van der Waals surface area (Å²) in [5.74, 6) is -0.193. The van der Waals surface area contributed by atoms with E-state index in [2.05, 4.69) is 5.32 Å². The van der Waals surface area contributed by atoms with Gasteiger partial charge in [-0.05, 0) is 37.1 Å². The molecule has 0 spiro atoms. The number of aliphatic hydroxyl groups is 1. The monoisotopic (exact) mass is 267 g/mol. The predicted molar refractivity (Wildman–Crippen MR) is 68.3 cm³/mol. The van der Waals surface area contributed by atoms with Gasteiger partial charge in [0.15, 0.2) is 6.61 Å². The van der Waals surface area contributed by atoms with Crippen LogP contribution in [0.15, 0.2) is 24.3 Å². The fraction of sp³-hybridized carbons (Fsp3) is 0.500. The van der Waals surface area contributed by atoms with Crippen molar-refractivity contribution < 1.29 is 19.0 Å². The van der Waals surface area contributed by atoms with Crippen LogP contribution in [0.2, 0.25) is 0 Å². The van der Waals surface area contributed by atoms with Gasteiger partial charge in [-0.1, -0.05) is 12.8 Å². The normalized spacial score (nSPS) is 17.2. The highest BCUT2D eigenvalue weighted by molar-refractivity contribution is 5.77. The molecule has 0 atom stereocenters. The summed E-state index contributed by atoms with van der Waals surface area (Å²) < 4.78 is 17.9. The molecule has 0 bridgehead atoms. The van der Waals surface area contributed by atoms with Crippen molar-refractivity contribution in [3.05, 3.63) is 30.1 Å². The lowest BCUT2D eigenvalue weighted by Crippen LogP contribution is -2.42. The number of nitrogens with one attached hydrogen (secondary N) is 1. The highest BCUT2D eigenvalue weighted by Crippen LogP contribution is 2.28. The first-order chi connectivity index (χ1) is 9.07. The molecule has 1 aromatic carbocycles. The zero-order valence-corrected chi connectivity index (χ0v) is 10.7. The smallest absolute Gasteiger partial charge is 0.258 e. The van der Waals surface area contributed by atoms with Crippen molar-refractivity contribution in [1.29, 1.82) is 0 Å². The van der Waals surface area contributed by atoms with Gasteiger partial charge in [-0.2, -0.15) is 0 Å². The molecule has 1 saturated carbocycles. The molecule has 0 radical (unpaired) electrons. The molecule has 2 N–H and O–H groups in total. The minimum Gasteiger partial charge on any atom is -0.484 e. The van der Waals surface area contributed by atoms with Crippen LogP contribution in [0.3, 0.4) is 0 Å². The van der Waals surface area contributed by atoms with Gasteiger partial charge in [-0.3, -0.25) is 4.79 Å². The van der Waals surface area contributed by atoms with Gasteiger partial charge in [0.2, 0.25) is 0 Å². The topological polar surface area (TPSA) is 58.6 Å². The number of hydrogen-bond donors (Lipinski definition) is 2. The first kappa shape index (κ1) is 13.8. The Balaban J connectivity index is 1.71. The maximum absolute atomic E-state index is 12.7. The van der Waals surface area contributed by atoms with E-state index in [-0.39, 0.29) is 24.9 Å². The Hall–Kier alpha value is -1.62. The van der Waals surface area contributed by atoms with Gasteiger partial charge in [0.05, 0.1) is 5.60 Å². The summed E-state index contributed by atoms with van der Waals surface area (Å²) in [5, 5.41) is 12.7. The second-order valence-corrected chi connectivity index (χ2v) is 4.95. The SMILES string of the molecule is O=C(COc1ccc(F)cc1)NCC1(O)CCCC1. The highest BCUT2D eigenvalue weighted by Gasteiger charge is 2.31. The third-order valence-corrected chi connectivity index (χ3v) is 3.33. The molecular formula is C14H18FNO3. The summed E-state index contributed by atoms with van der Waals surface area (Å²) in [7, 11) is 0. The van der Waals surface area contributed by atoms with Crippen molar-refractivity contribution in [2.75, 3.05) is 13.2 Å². The Morgan fingerprint density at radius 3 is 2.58 bits per heavy atom. The molecule has 2 rings (SSSR count). The van der Waals surface area contributed by atoms with E-state index in [4.69, 9.17) is 4.74 Å². The summed E-state index contributed by atoms with van der Waals surface area (Å²) in [6.07, 6.45) is 3.45. The number of benzene rings is 1. The number of amides is 1. The van der Waals surface area contributed by atoms with Gasteiger partial charge in [0.25, 0.3) is 5.91 Å². The Labute approximate surface area is 111 Å². The second-order valence-electron chi connectivity index (χ2n) is 4.95. The summed E-state index contributed by atoms with van der Waals surface area (Å²) in [4.78, 5) is 11.6. The summed E-state index contributed by atoms with van der Waals surface area (Å²) in [5.41, 5.74) is -0.758. The summed E-state index contributed by atoms with van der Waals surface area (Å²) in [6.45, 7) is 0.125. The van der Waals surface area contributed by atoms with E-state index in [1.54, 1.807) is 0 Å². The quantitative estimate of drug-likeness (QED) is 0.852. The van der Waals surface area contributed by atoms with Gasteiger partial charge in [-0.25, -0.2) is 4.39 Å². The fourth-order valence-electron chi connectivity index (χ4n) is 2.20. The van der Waals surface area contributed by atoms with E-state index in [0.29, 0.717) is 5.75 Å². The van der Waals surface area contributed by atoms with Crippen LogP contribution in [0.25, 0.3) is 0 Å². The average molecular weight is 267 g/mol. The third-order valence-electron chi connectivity index (χ3n) is 3.33. The van der Waals surface area contributed by atoms with E-state index in [9.17, 15) is 14.3 Å². The molecule has 0 unspecified atom stereocenters. The van der Waals surface area contributed by atoms with Crippen LogP contribution < -0.4 is 10.1 Å². The van der Waals surface area contributed by atoms with Crippen LogP contribution >= 0.6 is 0 Å². The zero-order valence-electron chi connectivity index (χ0n) is 10.7. The molecule has 0 heterocycles. The minimum absolute atomic E-state index is 0.137. The van der Waals surface area contributed by atoms with Crippen LogP contribution in [0, 0.1) is 5.82 Å². The Kier molecular flexibility index (Phi) is 4.37. The third kappa shape index (κ3) is 4.21. The molecule has 104 valence electrons. The summed E-state index contributed by atoms with van der Waals surface area (Å²) in [6, 6.07) is 5.48. The van der Waals surface area contributed by atoms with Crippen molar-refractivity contribution in [2.45, 2.75) is 31.3 Å². The Bertz CT molecular complexity index is 427. The number of hydrogen-bond acceptors (Lipinski definition) is 3. The molecule has 1 aliphatic rings. The molecule has 0 aliphatic heterocycles. The fourth-order valence-corrected chi connectivity index (χ4v) is 2.20. The lowest BCUT2D eigenvalue weighted by Gasteiger charge is -2.22. The van der Waals surface area contributed by atoms with Crippen LogP contribution in [0.1, 0.15) is 25.7 Å². The molecule has 1 aliphatic carbocycles. The van der Waals surface area contributed by atoms with Gasteiger partial charge < -0.3 is 15.2 Å². The standard InChI is InChI=1S/C14H18FNO3/c15-11-3-5-12(6-4-11)19-9-13(17)16-10-14(18)7-1-2-8-14/h3-6,18H,1-2,7-10H2,(H,16,17). The van der Waals surface area contributed by atoms with Gasteiger partial charge in [0, 0.05) is 6.54 Å². The van der Waals surface area contributed by atoms with Crippen molar-refractivity contribution in [2.24, 2.45) is 0 Å². The average Bonchev–Trinajstić information content (AvgIpc) is 2.83. The lowest BCUT2D eigenvalue weighted by atomic mass is 10.0. The van der Waals surface area contributed by atoms with Crippen LogP contribution in [0.4, 0.5) is 4.39 Å². The van der Waals surface area contributed by atoms with Crippen LogP contribution in [-0.2, 0) is 4.79 Å². The highest BCUT2D eigenvalue weighted by atomic mass is 19.1. The predicted octanol–water partition coefficient (Wildman–Crippen LogP) is 1.63. The Morgan fingerprint density at radius 2 is 1.95 bits per heavy atom. The van der Waals surface area contributed by atoms with E-state index < -0.39 is 5.60 Å². The molecule has 5 heteroatoms. The number of halogens is 1. The zero-order chi connectivity index (χ0) is 13.7. The van der Waals surface area contributed by atoms with Crippen molar-refractivity contribution in [3.63, 3.8) is 0 Å². The van der Waals surface area contributed by atoms with E-state index in [1.807, 2.05) is 0 Å². The molecular weight excluding hydrogens is 249 g/mol. The van der Waals surface area contributed by atoms with Crippen molar-refractivity contribution >= 4 is 5.91 Å². The minimum atomic E-state index is -0.758. The first-order valence-electron chi connectivity index (χ1n) is 6.45. The molecule has 19 heavy (non-hydrogen) atoms. The van der Waals surface area contributed by atoms with Crippen molar-refractivity contribution in [3.8, 4) is 5.75 Å². The van der Waals surface area contributed by atoms with E-state index in [0.717, 1.165) is 25.7 Å². The van der Waals surface area contributed by atoms with E-state index in [1.165, 1.54) is 24.3 Å². The molecule has 1 fully saturated rings. The van der Waals surface area contributed by atoms with Gasteiger partial charge in [0.1, 0.15) is 11.6 Å². The van der Waals surface area contributed by atoms with Crippen LogP contribution in [-0.4, -0.2) is 29.8 Å². The molecule has 0 saturated heterocycles. The Morgan fingerprint density at radius 1 is 1.32 bits per heavy atom. The first-order valence-corrected chi connectivity index (χ1v) is 6.45. The largest absolute Gasteiger partial charge is 0.484 e. The maximum Gasteiger partial charge on any atom is 0.258 e.